The number of hydrogen-bond donors (Lipinski definition) is 1. The number of rotatable bonds is 7. The first-order chi connectivity index (χ1) is 8.19. The van der Waals surface area contributed by atoms with Crippen LogP contribution in [0.2, 0.25) is 0 Å². The molecule has 0 bridgehead atoms. The van der Waals surface area contributed by atoms with E-state index in [1.165, 1.54) is 0 Å². The molecule has 96 valence electrons. The molecule has 0 heterocycles. The monoisotopic (exact) mass is 254 g/mol. The smallest absolute Gasteiger partial charge is 0.144 e. The molecule has 17 heavy (non-hydrogen) atoms. The third kappa shape index (κ3) is 4.38. The van der Waals surface area contributed by atoms with Crippen molar-refractivity contribution >= 4 is 23.1 Å². The molecule has 0 fully saturated rings. The van der Waals surface area contributed by atoms with Crippen molar-refractivity contribution < 1.29 is 4.74 Å². The molecular weight excluding hydrogens is 232 g/mol. The Morgan fingerprint density at radius 3 is 2.82 bits per heavy atom. The Bertz CT molecular complexity index is 344. The molecule has 0 unspecified atom stereocenters. The molecule has 0 aliphatic carbocycles. The molecule has 0 saturated carbocycles. The van der Waals surface area contributed by atoms with E-state index in [0.717, 1.165) is 30.2 Å². The van der Waals surface area contributed by atoms with Crippen molar-refractivity contribution in [3.63, 3.8) is 0 Å². The molecule has 0 aromatic heterocycles. The standard InChI is InChI=1S/C13H22N2OS/c1-4-8-16-13-10-11(5-6-12(13)14)15(2)7-9-17-3/h5-6,10H,4,7-9,14H2,1-3H3. The summed E-state index contributed by atoms with van der Waals surface area (Å²) in [5.41, 5.74) is 7.74. The Morgan fingerprint density at radius 1 is 1.41 bits per heavy atom. The minimum Gasteiger partial charge on any atom is -0.491 e. The normalized spacial score (nSPS) is 10.3. The highest BCUT2D eigenvalue weighted by Gasteiger charge is 2.05. The number of ether oxygens (including phenoxy) is 1. The lowest BCUT2D eigenvalue weighted by molar-refractivity contribution is 0.319. The summed E-state index contributed by atoms with van der Waals surface area (Å²) in [6.07, 6.45) is 3.11. The van der Waals surface area contributed by atoms with E-state index in [-0.39, 0.29) is 0 Å². The van der Waals surface area contributed by atoms with E-state index in [0.29, 0.717) is 12.3 Å². The van der Waals surface area contributed by atoms with Gasteiger partial charge in [0.25, 0.3) is 0 Å². The molecule has 0 atom stereocenters. The number of benzene rings is 1. The minimum absolute atomic E-state index is 0.709. The summed E-state index contributed by atoms with van der Waals surface area (Å²) in [5.74, 6) is 1.91. The first-order valence-electron chi connectivity index (χ1n) is 5.91. The van der Waals surface area contributed by atoms with E-state index in [2.05, 4.69) is 25.1 Å². The van der Waals surface area contributed by atoms with Gasteiger partial charge in [0, 0.05) is 31.1 Å². The van der Waals surface area contributed by atoms with Crippen molar-refractivity contribution in [2.45, 2.75) is 13.3 Å². The summed E-state index contributed by atoms with van der Waals surface area (Å²) in [6.45, 7) is 3.82. The van der Waals surface area contributed by atoms with Gasteiger partial charge in [0.05, 0.1) is 12.3 Å². The maximum atomic E-state index is 5.88. The van der Waals surface area contributed by atoms with Crippen molar-refractivity contribution in [3.05, 3.63) is 18.2 Å². The van der Waals surface area contributed by atoms with Crippen LogP contribution in [0.25, 0.3) is 0 Å². The van der Waals surface area contributed by atoms with Gasteiger partial charge in [0.1, 0.15) is 5.75 Å². The van der Waals surface area contributed by atoms with Gasteiger partial charge in [0.2, 0.25) is 0 Å². The maximum absolute atomic E-state index is 5.88. The highest BCUT2D eigenvalue weighted by Crippen LogP contribution is 2.27. The molecule has 1 aromatic rings. The van der Waals surface area contributed by atoms with Crippen molar-refractivity contribution in [1.82, 2.24) is 0 Å². The van der Waals surface area contributed by atoms with Gasteiger partial charge in [0.15, 0.2) is 0 Å². The van der Waals surface area contributed by atoms with E-state index >= 15 is 0 Å². The summed E-state index contributed by atoms with van der Waals surface area (Å²) in [5, 5.41) is 0. The second-order valence-electron chi connectivity index (χ2n) is 3.98. The van der Waals surface area contributed by atoms with E-state index in [1.54, 1.807) is 0 Å². The second-order valence-corrected chi connectivity index (χ2v) is 4.97. The van der Waals surface area contributed by atoms with Crippen molar-refractivity contribution in [1.29, 1.82) is 0 Å². The zero-order valence-electron chi connectivity index (χ0n) is 10.9. The van der Waals surface area contributed by atoms with E-state index in [1.807, 2.05) is 30.0 Å². The zero-order valence-corrected chi connectivity index (χ0v) is 11.7. The lowest BCUT2D eigenvalue weighted by Gasteiger charge is -2.20. The van der Waals surface area contributed by atoms with Gasteiger partial charge in [-0.15, -0.1) is 0 Å². The SMILES string of the molecule is CCCOc1cc(N(C)CCSC)ccc1N. The molecule has 1 rings (SSSR count). The molecule has 0 saturated heterocycles. The predicted molar refractivity (Wildman–Crippen MR) is 78.3 cm³/mol. The second kappa shape index (κ2) is 7.33. The van der Waals surface area contributed by atoms with Gasteiger partial charge in [-0.1, -0.05) is 6.92 Å². The lowest BCUT2D eigenvalue weighted by atomic mass is 10.2. The number of anilines is 2. The van der Waals surface area contributed by atoms with Crippen LogP contribution in [-0.2, 0) is 0 Å². The highest BCUT2D eigenvalue weighted by molar-refractivity contribution is 7.98. The van der Waals surface area contributed by atoms with Crippen LogP contribution < -0.4 is 15.4 Å². The van der Waals surface area contributed by atoms with Crippen molar-refractivity contribution in [3.8, 4) is 5.75 Å². The van der Waals surface area contributed by atoms with Gasteiger partial charge in [-0.05, 0) is 24.8 Å². The molecule has 0 spiro atoms. The van der Waals surface area contributed by atoms with Gasteiger partial charge in [-0.3, -0.25) is 0 Å². The molecule has 0 aliphatic heterocycles. The van der Waals surface area contributed by atoms with Crippen LogP contribution in [0, 0.1) is 0 Å². The Balaban J connectivity index is 2.72. The van der Waals surface area contributed by atoms with Gasteiger partial charge < -0.3 is 15.4 Å². The number of nitrogens with zero attached hydrogens (tertiary/aromatic N) is 1. The van der Waals surface area contributed by atoms with Crippen LogP contribution in [0.15, 0.2) is 18.2 Å². The average molecular weight is 254 g/mol. The summed E-state index contributed by atoms with van der Waals surface area (Å²) in [6, 6.07) is 5.97. The molecule has 0 aliphatic rings. The van der Waals surface area contributed by atoms with Crippen molar-refractivity contribution in [2.24, 2.45) is 0 Å². The zero-order chi connectivity index (χ0) is 12.7. The number of hydrogen-bond acceptors (Lipinski definition) is 4. The largest absolute Gasteiger partial charge is 0.491 e. The Labute approximate surface area is 108 Å². The average Bonchev–Trinajstić information content (AvgIpc) is 2.35. The highest BCUT2D eigenvalue weighted by atomic mass is 32.2. The molecule has 4 heteroatoms. The van der Waals surface area contributed by atoms with Crippen LogP contribution >= 0.6 is 11.8 Å². The van der Waals surface area contributed by atoms with Crippen LogP contribution in [0.5, 0.6) is 5.75 Å². The van der Waals surface area contributed by atoms with E-state index < -0.39 is 0 Å². The fourth-order valence-electron chi connectivity index (χ4n) is 1.45. The fourth-order valence-corrected chi connectivity index (χ4v) is 1.91. The fraction of sp³-hybridized carbons (Fsp3) is 0.538. The Hall–Kier alpha value is -1.03. The van der Waals surface area contributed by atoms with Crippen molar-refractivity contribution in [2.75, 3.05) is 42.8 Å². The van der Waals surface area contributed by atoms with Gasteiger partial charge in [-0.25, -0.2) is 0 Å². The van der Waals surface area contributed by atoms with Crippen LogP contribution in [0.1, 0.15) is 13.3 Å². The van der Waals surface area contributed by atoms with Crippen LogP contribution in [0.3, 0.4) is 0 Å². The van der Waals surface area contributed by atoms with Crippen LogP contribution in [0.4, 0.5) is 11.4 Å². The molecule has 0 amide bonds. The van der Waals surface area contributed by atoms with Gasteiger partial charge >= 0.3 is 0 Å². The summed E-state index contributed by atoms with van der Waals surface area (Å²) in [4.78, 5) is 2.22. The lowest BCUT2D eigenvalue weighted by Crippen LogP contribution is -2.20. The first kappa shape index (κ1) is 14.0. The third-order valence-electron chi connectivity index (χ3n) is 2.53. The van der Waals surface area contributed by atoms with Crippen LogP contribution in [-0.4, -0.2) is 32.2 Å². The van der Waals surface area contributed by atoms with E-state index in [9.17, 15) is 0 Å². The number of thioether (sulfide) groups is 1. The molecule has 1 aromatic carbocycles. The van der Waals surface area contributed by atoms with Gasteiger partial charge in [-0.2, -0.15) is 11.8 Å². The molecule has 2 N–H and O–H groups in total. The Morgan fingerprint density at radius 2 is 2.18 bits per heavy atom. The minimum atomic E-state index is 0.709. The molecule has 0 radical (unpaired) electrons. The topological polar surface area (TPSA) is 38.5 Å². The van der Waals surface area contributed by atoms with E-state index in [4.69, 9.17) is 10.5 Å². The number of nitrogens with two attached hydrogens (primary N) is 1. The first-order valence-corrected chi connectivity index (χ1v) is 7.30. The predicted octanol–water partition coefficient (Wildman–Crippen LogP) is 2.86. The third-order valence-corrected chi connectivity index (χ3v) is 3.12. The quantitative estimate of drug-likeness (QED) is 0.759. The number of nitrogen functional groups attached to an aromatic ring is 1. The molecule has 3 nitrogen and oxygen atoms in total. The summed E-state index contributed by atoms with van der Waals surface area (Å²) >= 11 is 1.85. The maximum Gasteiger partial charge on any atom is 0.144 e. The Kier molecular flexibility index (Phi) is 6.05. The molecular formula is C13H22N2OS. The summed E-state index contributed by atoms with van der Waals surface area (Å²) < 4.78 is 5.62. The summed E-state index contributed by atoms with van der Waals surface area (Å²) in [7, 11) is 2.09.